The summed E-state index contributed by atoms with van der Waals surface area (Å²) in [5, 5.41) is 0. The molecule has 0 aromatic carbocycles. The molecule has 0 spiro atoms. The molecule has 0 amide bonds. The Morgan fingerprint density at radius 2 is 1.85 bits per heavy atom. The third kappa shape index (κ3) is 2.55. The van der Waals surface area contributed by atoms with Gasteiger partial charge in [0.2, 0.25) is 0 Å². The Morgan fingerprint density at radius 1 is 1.23 bits per heavy atom. The maximum absolute atomic E-state index is 5.37. The average molecular weight is 182 g/mol. The number of nitrogens with two attached hydrogens (primary N) is 1. The smallest absolute Gasteiger partial charge is 0.0164 e. The second-order valence-electron chi connectivity index (χ2n) is 4.08. The van der Waals surface area contributed by atoms with Crippen LogP contribution in [0.5, 0.6) is 0 Å². The quantitative estimate of drug-likeness (QED) is 0.655. The highest BCUT2D eigenvalue weighted by Gasteiger charge is 2.38. The minimum Gasteiger partial charge on any atom is -0.327 e. The van der Waals surface area contributed by atoms with Crippen LogP contribution in [0.25, 0.3) is 0 Å². The summed E-state index contributed by atoms with van der Waals surface area (Å²) < 4.78 is 0. The first-order valence-electron chi connectivity index (χ1n) is 5.34. The van der Waals surface area contributed by atoms with E-state index in [1.165, 1.54) is 25.9 Å². The summed E-state index contributed by atoms with van der Waals surface area (Å²) in [6.07, 6.45) is 6.86. The predicted octanol–water partition coefficient (Wildman–Crippen LogP) is 1.62. The van der Waals surface area contributed by atoms with E-state index in [0.29, 0.717) is 12.0 Å². The van der Waals surface area contributed by atoms with Gasteiger partial charge in [0.05, 0.1) is 0 Å². The highest BCUT2D eigenvalue weighted by atomic mass is 15.2. The van der Waals surface area contributed by atoms with Crippen molar-refractivity contribution in [1.29, 1.82) is 0 Å². The van der Waals surface area contributed by atoms with Crippen molar-refractivity contribution in [2.24, 2.45) is 11.1 Å². The van der Waals surface area contributed by atoms with Crippen molar-refractivity contribution in [3.8, 4) is 0 Å². The normalized spacial score (nSPS) is 22.1. The molecule has 1 heterocycles. The SMILES string of the molecule is CCC1(CC)CN(C/C=C/CN)C1. The van der Waals surface area contributed by atoms with Gasteiger partial charge in [-0.25, -0.2) is 0 Å². The molecule has 13 heavy (non-hydrogen) atoms. The first-order valence-corrected chi connectivity index (χ1v) is 5.34. The standard InChI is InChI=1S/C11H22N2/c1-3-11(4-2)9-13(10-11)8-6-5-7-12/h5-6H,3-4,7-10,12H2,1-2H3/b6-5+. The van der Waals surface area contributed by atoms with E-state index in [1.54, 1.807) is 0 Å². The molecule has 1 fully saturated rings. The molecule has 0 bridgehead atoms. The lowest BCUT2D eigenvalue weighted by molar-refractivity contribution is 0.00328. The van der Waals surface area contributed by atoms with Gasteiger partial charge in [0, 0.05) is 26.2 Å². The second-order valence-corrected chi connectivity index (χ2v) is 4.08. The van der Waals surface area contributed by atoms with Crippen molar-refractivity contribution < 1.29 is 0 Å². The van der Waals surface area contributed by atoms with Crippen LogP contribution in [-0.4, -0.2) is 31.1 Å². The molecule has 0 aromatic heterocycles. The predicted molar refractivity (Wildman–Crippen MR) is 57.6 cm³/mol. The van der Waals surface area contributed by atoms with Gasteiger partial charge in [-0.1, -0.05) is 26.0 Å². The van der Waals surface area contributed by atoms with Gasteiger partial charge in [-0.3, -0.25) is 4.90 Å². The molecule has 2 nitrogen and oxygen atoms in total. The van der Waals surface area contributed by atoms with Crippen molar-refractivity contribution in [1.82, 2.24) is 4.90 Å². The number of hydrogen-bond donors (Lipinski definition) is 1. The molecule has 0 saturated carbocycles. The third-order valence-corrected chi connectivity index (χ3v) is 3.28. The molecule has 1 aliphatic heterocycles. The molecule has 0 aromatic rings. The summed E-state index contributed by atoms with van der Waals surface area (Å²) in [4.78, 5) is 2.49. The molecular formula is C11H22N2. The van der Waals surface area contributed by atoms with Gasteiger partial charge in [-0.2, -0.15) is 0 Å². The molecule has 1 saturated heterocycles. The van der Waals surface area contributed by atoms with Crippen LogP contribution in [-0.2, 0) is 0 Å². The minimum absolute atomic E-state index is 0.635. The van der Waals surface area contributed by atoms with Gasteiger partial charge in [-0.05, 0) is 18.3 Å². The van der Waals surface area contributed by atoms with Crippen LogP contribution in [0.2, 0.25) is 0 Å². The Kier molecular flexibility index (Phi) is 3.94. The fourth-order valence-electron chi connectivity index (χ4n) is 2.05. The fourth-order valence-corrected chi connectivity index (χ4v) is 2.05. The minimum atomic E-state index is 0.635. The van der Waals surface area contributed by atoms with Crippen molar-refractivity contribution >= 4 is 0 Å². The van der Waals surface area contributed by atoms with Gasteiger partial charge < -0.3 is 5.73 Å². The van der Waals surface area contributed by atoms with Crippen LogP contribution < -0.4 is 5.73 Å². The van der Waals surface area contributed by atoms with Crippen molar-refractivity contribution in [3.63, 3.8) is 0 Å². The Balaban J connectivity index is 2.20. The second kappa shape index (κ2) is 4.77. The van der Waals surface area contributed by atoms with Crippen LogP contribution in [0.15, 0.2) is 12.2 Å². The van der Waals surface area contributed by atoms with Gasteiger partial charge >= 0.3 is 0 Å². The van der Waals surface area contributed by atoms with Crippen LogP contribution in [0.3, 0.4) is 0 Å². The van der Waals surface area contributed by atoms with Crippen molar-refractivity contribution in [2.45, 2.75) is 26.7 Å². The van der Waals surface area contributed by atoms with Crippen LogP contribution in [0, 0.1) is 5.41 Å². The zero-order valence-corrected chi connectivity index (χ0v) is 8.92. The molecular weight excluding hydrogens is 160 g/mol. The Labute approximate surface area is 81.8 Å². The van der Waals surface area contributed by atoms with Gasteiger partial charge in [0.15, 0.2) is 0 Å². The Hall–Kier alpha value is -0.340. The molecule has 2 N–H and O–H groups in total. The lowest BCUT2D eigenvalue weighted by atomic mass is 9.75. The molecule has 0 aliphatic carbocycles. The number of nitrogens with zero attached hydrogens (tertiary/aromatic N) is 1. The van der Waals surface area contributed by atoms with E-state index in [9.17, 15) is 0 Å². The van der Waals surface area contributed by atoms with Crippen molar-refractivity contribution in [3.05, 3.63) is 12.2 Å². The maximum Gasteiger partial charge on any atom is 0.0164 e. The molecule has 0 radical (unpaired) electrons. The van der Waals surface area contributed by atoms with E-state index in [0.717, 1.165) is 6.54 Å². The van der Waals surface area contributed by atoms with E-state index in [4.69, 9.17) is 5.73 Å². The monoisotopic (exact) mass is 182 g/mol. The summed E-state index contributed by atoms with van der Waals surface area (Å²) in [7, 11) is 0. The average Bonchev–Trinajstić information content (AvgIpc) is 2.10. The summed E-state index contributed by atoms with van der Waals surface area (Å²) >= 11 is 0. The maximum atomic E-state index is 5.37. The van der Waals surface area contributed by atoms with Crippen LogP contribution in [0.1, 0.15) is 26.7 Å². The van der Waals surface area contributed by atoms with E-state index >= 15 is 0 Å². The first kappa shape index (κ1) is 10.7. The third-order valence-electron chi connectivity index (χ3n) is 3.28. The van der Waals surface area contributed by atoms with Gasteiger partial charge in [0.25, 0.3) is 0 Å². The van der Waals surface area contributed by atoms with Gasteiger partial charge in [0.1, 0.15) is 0 Å². The Bertz CT molecular complexity index is 163. The summed E-state index contributed by atoms with van der Waals surface area (Å²) in [6, 6.07) is 0. The lowest BCUT2D eigenvalue weighted by Gasteiger charge is -2.49. The molecule has 1 rings (SSSR count). The first-order chi connectivity index (χ1) is 6.26. The summed E-state index contributed by atoms with van der Waals surface area (Å²) in [5.74, 6) is 0. The van der Waals surface area contributed by atoms with Crippen LogP contribution in [0.4, 0.5) is 0 Å². The molecule has 0 unspecified atom stereocenters. The van der Waals surface area contributed by atoms with E-state index in [-0.39, 0.29) is 0 Å². The molecule has 2 heteroatoms. The lowest BCUT2D eigenvalue weighted by Crippen LogP contribution is -2.55. The van der Waals surface area contributed by atoms with Crippen molar-refractivity contribution in [2.75, 3.05) is 26.2 Å². The molecule has 0 atom stereocenters. The van der Waals surface area contributed by atoms with Gasteiger partial charge in [-0.15, -0.1) is 0 Å². The topological polar surface area (TPSA) is 29.3 Å². The number of likely N-dealkylation sites (tertiary alicyclic amines) is 1. The van der Waals surface area contributed by atoms with E-state index < -0.39 is 0 Å². The largest absolute Gasteiger partial charge is 0.327 e. The molecule has 1 aliphatic rings. The molecule has 76 valence electrons. The zero-order valence-electron chi connectivity index (χ0n) is 8.92. The summed E-state index contributed by atoms with van der Waals surface area (Å²) in [5.41, 5.74) is 6.01. The number of hydrogen-bond acceptors (Lipinski definition) is 2. The zero-order chi connectivity index (χ0) is 9.73. The highest BCUT2D eigenvalue weighted by Crippen LogP contribution is 2.36. The van der Waals surface area contributed by atoms with Crippen LogP contribution >= 0.6 is 0 Å². The summed E-state index contributed by atoms with van der Waals surface area (Å²) in [6.45, 7) is 8.90. The van der Waals surface area contributed by atoms with E-state index in [1.807, 2.05) is 6.08 Å². The highest BCUT2D eigenvalue weighted by molar-refractivity contribution is 4.96. The fraction of sp³-hybridized carbons (Fsp3) is 0.818. The Morgan fingerprint density at radius 3 is 2.31 bits per heavy atom. The van der Waals surface area contributed by atoms with E-state index in [2.05, 4.69) is 24.8 Å². The number of rotatable bonds is 5.